The number of hydrogen-bond donors (Lipinski definition) is 1. The Morgan fingerprint density at radius 3 is 2.84 bits per heavy atom. The normalized spacial score (nSPS) is 11.1. The molecular formula is C20H14F2N4O4S. The number of para-hydroxylation sites is 1. The van der Waals surface area contributed by atoms with Crippen molar-refractivity contribution in [3.05, 3.63) is 70.2 Å². The fraction of sp³-hybridized carbons (Fsp3) is 0.100. The second-order valence-corrected chi connectivity index (χ2v) is 7.26. The molecule has 0 spiro atoms. The Balaban J connectivity index is 1.48. The molecule has 11 heteroatoms. The van der Waals surface area contributed by atoms with Gasteiger partial charge in [0.25, 0.3) is 5.69 Å². The summed E-state index contributed by atoms with van der Waals surface area (Å²) in [4.78, 5) is 27.2. The van der Waals surface area contributed by atoms with Crippen molar-refractivity contribution in [3.63, 3.8) is 0 Å². The zero-order valence-corrected chi connectivity index (χ0v) is 16.5. The topological polar surface area (TPSA) is 99.3 Å². The largest absolute Gasteiger partial charge is 0.434 e. The van der Waals surface area contributed by atoms with Crippen LogP contribution in [0, 0.1) is 10.1 Å². The highest BCUT2D eigenvalue weighted by Gasteiger charge is 2.15. The number of rotatable bonds is 7. The average Bonchev–Trinajstić information content (AvgIpc) is 3.35. The van der Waals surface area contributed by atoms with Gasteiger partial charge in [0, 0.05) is 40.2 Å². The first-order chi connectivity index (χ1) is 14.9. The Morgan fingerprint density at radius 1 is 1.26 bits per heavy atom. The van der Waals surface area contributed by atoms with Crippen LogP contribution in [0.25, 0.3) is 22.2 Å². The number of thiazole rings is 1. The van der Waals surface area contributed by atoms with Gasteiger partial charge < -0.3 is 14.6 Å². The molecule has 8 nitrogen and oxygen atoms in total. The number of benzene rings is 2. The summed E-state index contributed by atoms with van der Waals surface area (Å²) in [6.07, 6.45) is 1.67. The molecule has 2 aromatic heterocycles. The van der Waals surface area contributed by atoms with E-state index in [9.17, 15) is 23.7 Å². The van der Waals surface area contributed by atoms with Gasteiger partial charge in [-0.25, -0.2) is 4.98 Å². The van der Waals surface area contributed by atoms with Gasteiger partial charge in [-0.15, -0.1) is 11.3 Å². The molecule has 2 heterocycles. The van der Waals surface area contributed by atoms with E-state index in [1.165, 1.54) is 18.2 Å². The number of alkyl halides is 2. The lowest BCUT2D eigenvalue weighted by molar-refractivity contribution is -0.384. The second kappa shape index (κ2) is 8.48. The van der Waals surface area contributed by atoms with Gasteiger partial charge in [-0.05, 0) is 24.3 Å². The molecule has 0 saturated carbocycles. The van der Waals surface area contributed by atoms with Crippen molar-refractivity contribution in [2.75, 3.05) is 5.32 Å². The van der Waals surface area contributed by atoms with Crippen molar-refractivity contribution < 1.29 is 23.2 Å². The molecule has 1 amide bonds. The van der Waals surface area contributed by atoms with Gasteiger partial charge in [-0.3, -0.25) is 14.9 Å². The van der Waals surface area contributed by atoms with Gasteiger partial charge in [0.15, 0.2) is 5.13 Å². The average molecular weight is 444 g/mol. The number of non-ortho nitro benzene ring substituents is 1. The molecule has 0 saturated heterocycles. The summed E-state index contributed by atoms with van der Waals surface area (Å²) in [5, 5.41) is 16.2. The number of nitrogens with one attached hydrogen (secondary N) is 1. The van der Waals surface area contributed by atoms with Crippen LogP contribution in [0.15, 0.2) is 60.1 Å². The molecule has 158 valence electrons. The summed E-state index contributed by atoms with van der Waals surface area (Å²) in [7, 11) is 0. The lowest BCUT2D eigenvalue weighted by Crippen LogP contribution is -2.18. The quantitative estimate of drug-likeness (QED) is 0.322. The SMILES string of the molecule is O=C(Cn1ccc2cc([N+](=O)[O-])ccc21)Nc1nc(-c2ccccc2OC(F)F)cs1. The number of hydrogen-bond acceptors (Lipinski definition) is 6. The lowest BCUT2D eigenvalue weighted by atomic mass is 10.1. The van der Waals surface area contributed by atoms with Crippen LogP contribution in [-0.2, 0) is 11.3 Å². The maximum atomic E-state index is 12.6. The number of amides is 1. The molecule has 0 aliphatic heterocycles. The number of carbonyl (C=O) groups excluding carboxylic acids is 1. The molecule has 0 atom stereocenters. The fourth-order valence-electron chi connectivity index (χ4n) is 3.08. The van der Waals surface area contributed by atoms with Crippen LogP contribution in [-0.4, -0.2) is 27.0 Å². The van der Waals surface area contributed by atoms with Gasteiger partial charge in [-0.2, -0.15) is 8.78 Å². The van der Waals surface area contributed by atoms with Crippen molar-refractivity contribution >= 4 is 39.0 Å². The molecule has 0 unspecified atom stereocenters. The third-order valence-electron chi connectivity index (χ3n) is 4.41. The summed E-state index contributed by atoms with van der Waals surface area (Å²) in [6, 6.07) is 12.4. The number of halogens is 2. The number of carbonyl (C=O) groups is 1. The summed E-state index contributed by atoms with van der Waals surface area (Å²) >= 11 is 1.15. The number of nitro groups is 1. The minimum Gasteiger partial charge on any atom is -0.434 e. The number of aromatic nitrogens is 2. The van der Waals surface area contributed by atoms with Gasteiger partial charge in [0.2, 0.25) is 5.91 Å². The van der Waals surface area contributed by atoms with Crippen LogP contribution in [0.5, 0.6) is 5.75 Å². The predicted octanol–water partition coefficient (Wildman–Crippen LogP) is 4.91. The second-order valence-electron chi connectivity index (χ2n) is 6.40. The molecule has 0 aliphatic carbocycles. The van der Waals surface area contributed by atoms with Crippen LogP contribution in [0.1, 0.15) is 0 Å². The summed E-state index contributed by atoms with van der Waals surface area (Å²) in [5.74, 6) is -0.359. The Bertz CT molecular complexity index is 1270. The molecule has 1 N–H and O–H groups in total. The van der Waals surface area contributed by atoms with E-state index in [-0.39, 0.29) is 23.9 Å². The van der Waals surface area contributed by atoms with Gasteiger partial charge in [0.1, 0.15) is 12.3 Å². The number of nitrogens with zero attached hydrogens (tertiary/aromatic N) is 3. The van der Waals surface area contributed by atoms with E-state index in [2.05, 4.69) is 15.0 Å². The Kier molecular flexibility index (Phi) is 5.58. The van der Waals surface area contributed by atoms with E-state index in [0.717, 1.165) is 11.3 Å². The van der Waals surface area contributed by atoms with E-state index in [4.69, 9.17) is 0 Å². The van der Waals surface area contributed by atoms with Crippen molar-refractivity contribution in [2.24, 2.45) is 0 Å². The molecule has 2 aromatic carbocycles. The molecule has 0 fully saturated rings. The monoisotopic (exact) mass is 444 g/mol. The number of ether oxygens (including phenoxy) is 1. The van der Waals surface area contributed by atoms with E-state index < -0.39 is 11.5 Å². The minimum absolute atomic E-state index is 0.00594. The summed E-state index contributed by atoms with van der Waals surface area (Å²) < 4.78 is 31.4. The molecule has 31 heavy (non-hydrogen) atoms. The molecular weight excluding hydrogens is 430 g/mol. The third kappa shape index (κ3) is 4.51. The molecule has 4 aromatic rings. The number of fused-ring (bicyclic) bond motifs is 1. The van der Waals surface area contributed by atoms with Crippen molar-refractivity contribution in [1.29, 1.82) is 0 Å². The zero-order valence-electron chi connectivity index (χ0n) is 15.7. The smallest absolute Gasteiger partial charge is 0.387 e. The summed E-state index contributed by atoms with van der Waals surface area (Å²) in [6.45, 7) is -2.99. The van der Waals surface area contributed by atoms with E-state index in [0.29, 0.717) is 27.3 Å². The Morgan fingerprint density at radius 2 is 2.06 bits per heavy atom. The molecule has 0 radical (unpaired) electrons. The standard InChI is InChI=1S/C20H14F2N4O4S/c21-19(22)30-17-4-2-1-3-14(17)15-11-31-20(23-15)24-18(27)10-25-8-7-12-9-13(26(28)29)5-6-16(12)25/h1-9,11,19H,10H2,(H,23,24,27). The first kappa shape index (κ1) is 20.4. The van der Waals surface area contributed by atoms with Crippen LogP contribution >= 0.6 is 11.3 Å². The van der Waals surface area contributed by atoms with Crippen molar-refractivity contribution in [3.8, 4) is 17.0 Å². The molecule has 4 rings (SSSR count). The van der Waals surface area contributed by atoms with E-state index in [1.54, 1.807) is 46.5 Å². The van der Waals surface area contributed by atoms with Crippen LogP contribution in [0.3, 0.4) is 0 Å². The Hall–Kier alpha value is -3.86. The van der Waals surface area contributed by atoms with Crippen molar-refractivity contribution in [2.45, 2.75) is 13.2 Å². The summed E-state index contributed by atoms with van der Waals surface area (Å²) in [5.41, 5.74) is 1.44. The highest BCUT2D eigenvalue weighted by molar-refractivity contribution is 7.14. The van der Waals surface area contributed by atoms with Gasteiger partial charge in [-0.1, -0.05) is 12.1 Å². The molecule has 0 bridgehead atoms. The van der Waals surface area contributed by atoms with Gasteiger partial charge in [0.05, 0.1) is 10.6 Å². The maximum Gasteiger partial charge on any atom is 0.387 e. The third-order valence-corrected chi connectivity index (χ3v) is 5.17. The minimum atomic E-state index is -2.96. The Labute approximate surface area is 177 Å². The lowest BCUT2D eigenvalue weighted by Gasteiger charge is -2.08. The highest BCUT2D eigenvalue weighted by Crippen LogP contribution is 2.33. The predicted molar refractivity (Wildman–Crippen MR) is 111 cm³/mol. The molecule has 0 aliphatic rings. The van der Waals surface area contributed by atoms with Crippen LogP contribution in [0.2, 0.25) is 0 Å². The number of nitro benzene ring substituents is 1. The fourth-order valence-corrected chi connectivity index (χ4v) is 3.81. The van der Waals surface area contributed by atoms with Gasteiger partial charge >= 0.3 is 6.61 Å². The zero-order chi connectivity index (χ0) is 22.0. The first-order valence-corrected chi connectivity index (χ1v) is 9.81. The first-order valence-electron chi connectivity index (χ1n) is 8.93. The highest BCUT2D eigenvalue weighted by atomic mass is 32.1. The van der Waals surface area contributed by atoms with E-state index >= 15 is 0 Å². The van der Waals surface area contributed by atoms with Crippen molar-refractivity contribution in [1.82, 2.24) is 9.55 Å². The van der Waals surface area contributed by atoms with E-state index in [1.807, 2.05) is 0 Å². The van der Waals surface area contributed by atoms with Crippen LogP contribution in [0.4, 0.5) is 19.6 Å². The number of anilines is 1. The maximum absolute atomic E-state index is 12.6. The van der Waals surface area contributed by atoms with Crippen LogP contribution < -0.4 is 10.1 Å².